The largest absolute Gasteiger partial charge is 0.493 e. The fourth-order valence-corrected chi connectivity index (χ4v) is 11.6. The van der Waals surface area contributed by atoms with Crippen molar-refractivity contribution in [3.05, 3.63) is 96.9 Å². The van der Waals surface area contributed by atoms with Crippen molar-refractivity contribution < 1.29 is 37.0 Å². The molecule has 15 heteroatoms. The van der Waals surface area contributed by atoms with Crippen molar-refractivity contribution in [3.8, 4) is 11.5 Å². The third kappa shape index (κ3) is 5.35. The van der Waals surface area contributed by atoms with Crippen LogP contribution in [0.25, 0.3) is 0 Å². The Kier molecular flexibility index (Phi) is 8.14. The number of hydrogen-bond acceptors (Lipinski definition) is 8. The molecule has 7 atom stereocenters. The molecule has 2 N–H and O–H groups in total. The van der Waals surface area contributed by atoms with E-state index in [9.17, 15) is 32.3 Å². The Bertz CT molecular complexity index is 2100. The van der Waals surface area contributed by atoms with Gasteiger partial charge in [-0.3, -0.25) is 24.1 Å². The predicted octanol–water partition coefficient (Wildman–Crippen LogP) is 6.92. The molecule has 1 saturated heterocycles. The molecular weight excluding hydrogens is 759 g/mol. The van der Waals surface area contributed by atoms with Gasteiger partial charge in [0.15, 0.2) is 18.1 Å². The van der Waals surface area contributed by atoms with Crippen LogP contribution in [0.3, 0.4) is 0 Å². The van der Waals surface area contributed by atoms with Crippen molar-refractivity contribution in [3.63, 3.8) is 0 Å². The minimum absolute atomic E-state index is 0.0178. The van der Waals surface area contributed by atoms with E-state index >= 15 is 0 Å². The first-order valence-corrected chi connectivity index (χ1v) is 18.2. The Morgan fingerprint density at radius 1 is 1.00 bits per heavy atom. The van der Waals surface area contributed by atoms with Gasteiger partial charge in [-0.15, -0.1) is 11.8 Å². The number of thiazole rings is 1. The zero-order chi connectivity index (χ0) is 35.1. The third-order valence-electron chi connectivity index (χ3n) is 10.2. The van der Waals surface area contributed by atoms with Crippen molar-refractivity contribution in [1.29, 1.82) is 0 Å². The number of carbonyl (C=O) groups is 3. The lowest BCUT2D eigenvalue weighted by Gasteiger charge is -2.43. The number of carbonyl (C=O) groups excluding carboxylic acids is 3. The first-order chi connectivity index (χ1) is 23.9. The lowest BCUT2D eigenvalue weighted by Crippen LogP contribution is -2.42. The number of alkyl halides is 3. The molecule has 258 valence electrons. The number of ether oxygens (including phenoxy) is 2. The van der Waals surface area contributed by atoms with Crippen LogP contribution in [0, 0.1) is 29.6 Å². The topological polar surface area (TPSA) is 118 Å². The molecule has 3 amide bonds. The van der Waals surface area contributed by atoms with Crippen LogP contribution in [0.2, 0.25) is 0 Å². The number of nitrogens with one attached hydrogen (secondary N) is 2. The molecule has 2 saturated carbocycles. The predicted molar refractivity (Wildman–Crippen MR) is 184 cm³/mol. The lowest BCUT2D eigenvalue weighted by atomic mass is 9.68. The SMILES string of the molecule is COc1cc([C@H]2c3sc(=O)[nH]c3SC3C4CC(C5C(=O)N(c6ccc(Br)cc6)C(=O)C45)C32)ccc1OCC(=O)Nc1ccccc1C(F)(F)F. The number of imide groups is 1. The summed E-state index contributed by atoms with van der Waals surface area (Å²) >= 11 is 6.12. The van der Waals surface area contributed by atoms with E-state index in [0.717, 1.165) is 43.8 Å². The molecule has 8 rings (SSSR count). The van der Waals surface area contributed by atoms with Gasteiger partial charge in [-0.2, -0.15) is 13.2 Å². The highest BCUT2D eigenvalue weighted by Crippen LogP contribution is 2.69. The average molecular weight is 787 g/mol. The second-order valence-corrected chi connectivity index (χ2v) is 15.9. The van der Waals surface area contributed by atoms with Gasteiger partial charge in [0.05, 0.1) is 40.9 Å². The Morgan fingerprint density at radius 3 is 2.44 bits per heavy atom. The molecule has 3 fully saturated rings. The fraction of sp³-hybridized carbons (Fsp3) is 0.314. The summed E-state index contributed by atoms with van der Waals surface area (Å²) in [6.07, 6.45) is -3.92. The highest BCUT2D eigenvalue weighted by molar-refractivity contribution is 9.10. The van der Waals surface area contributed by atoms with Gasteiger partial charge in [-0.1, -0.05) is 45.5 Å². The molecule has 4 aromatic rings. The maximum absolute atomic E-state index is 14.0. The van der Waals surface area contributed by atoms with Gasteiger partial charge >= 0.3 is 11.0 Å². The zero-order valence-corrected chi connectivity index (χ0v) is 29.3. The Morgan fingerprint density at radius 2 is 1.72 bits per heavy atom. The zero-order valence-electron chi connectivity index (χ0n) is 26.0. The molecule has 0 spiro atoms. The molecular formula is C35H27BrF3N3O6S2. The summed E-state index contributed by atoms with van der Waals surface area (Å²) in [6, 6.07) is 17.0. The number of rotatable bonds is 7. The molecule has 50 heavy (non-hydrogen) atoms. The Hall–Kier alpha value is -4.08. The number of anilines is 2. The number of H-pyrrole nitrogens is 1. The van der Waals surface area contributed by atoms with Gasteiger partial charge in [-0.25, -0.2) is 0 Å². The quantitative estimate of drug-likeness (QED) is 0.196. The number of halogens is 4. The van der Waals surface area contributed by atoms with Gasteiger partial charge in [0, 0.05) is 20.5 Å². The summed E-state index contributed by atoms with van der Waals surface area (Å²) in [5.74, 6) is -2.05. The molecule has 3 heterocycles. The number of nitrogens with zero attached hydrogens (tertiary/aromatic N) is 1. The minimum atomic E-state index is -4.65. The number of aromatic amines is 1. The summed E-state index contributed by atoms with van der Waals surface area (Å²) in [4.78, 5) is 58.2. The van der Waals surface area contributed by atoms with Crippen LogP contribution in [0.4, 0.5) is 24.5 Å². The molecule has 1 aromatic heterocycles. The maximum atomic E-state index is 14.0. The van der Waals surface area contributed by atoms with Crippen LogP contribution in [-0.4, -0.2) is 41.7 Å². The minimum Gasteiger partial charge on any atom is -0.493 e. The summed E-state index contributed by atoms with van der Waals surface area (Å²) in [5.41, 5.74) is 0.0149. The van der Waals surface area contributed by atoms with E-state index in [1.54, 1.807) is 48.2 Å². The van der Waals surface area contributed by atoms with Crippen LogP contribution in [0.15, 0.2) is 81.0 Å². The maximum Gasteiger partial charge on any atom is 0.418 e. The summed E-state index contributed by atoms with van der Waals surface area (Å²) in [6.45, 7) is -0.575. The number of hydrogen-bond donors (Lipinski definition) is 2. The second-order valence-electron chi connectivity index (χ2n) is 12.7. The summed E-state index contributed by atoms with van der Waals surface area (Å²) in [7, 11) is 1.44. The number of para-hydroxylation sites is 1. The van der Waals surface area contributed by atoms with E-state index in [4.69, 9.17) is 9.47 Å². The number of amides is 3. The molecule has 2 aliphatic carbocycles. The molecule has 3 aromatic carbocycles. The van der Waals surface area contributed by atoms with E-state index in [-0.39, 0.29) is 57.0 Å². The number of benzene rings is 3. The smallest absolute Gasteiger partial charge is 0.418 e. The monoisotopic (exact) mass is 785 g/mol. The van der Waals surface area contributed by atoms with Crippen LogP contribution in [0.5, 0.6) is 11.5 Å². The van der Waals surface area contributed by atoms with Gasteiger partial charge in [0.2, 0.25) is 11.8 Å². The normalized spacial score (nSPS) is 26.4. The van der Waals surface area contributed by atoms with Crippen molar-refractivity contribution in [2.45, 2.75) is 28.8 Å². The van der Waals surface area contributed by atoms with Crippen molar-refractivity contribution in [1.82, 2.24) is 4.98 Å². The van der Waals surface area contributed by atoms with E-state index in [1.165, 1.54) is 30.2 Å². The van der Waals surface area contributed by atoms with Crippen LogP contribution in [-0.2, 0) is 20.6 Å². The summed E-state index contributed by atoms with van der Waals surface area (Å²) < 4.78 is 52.4. The first kappa shape index (κ1) is 33.1. The van der Waals surface area contributed by atoms with Crippen molar-refractivity contribution in [2.75, 3.05) is 23.9 Å². The second kappa shape index (κ2) is 12.3. The van der Waals surface area contributed by atoms with Gasteiger partial charge < -0.3 is 19.8 Å². The number of aromatic nitrogens is 1. The van der Waals surface area contributed by atoms with E-state index in [0.29, 0.717) is 11.4 Å². The number of thioether (sulfide) groups is 1. The molecule has 2 bridgehead atoms. The molecule has 2 aliphatic heterocycles. The standard InChI is InChI=1S/C35H27BrF3N3O6S2/c1-47-23-12-15(6-11-22(23)48-14-24(43)40-21-5-3-2-4-20(21)35(37,38)39)25-26-18-13-19(29(26)49-31-30(25)50-34(46)41-31)28-27(18)32(44)42(33(28)45)17-9-7-16(36)8-10-17/h2-12,18-19,25-29H,13-14H2,1H3,(H,40,43)(H,41,46)/t18?,19?,25-,26?,27?,28?,29?/m1/s1. The van der Waals surface area contributed by atoms with Crippen LogP contribution >= 0.6 is 39.0 Å². The van der Waals surface area contributed by atoms with Crippen molar-refractivity contribution >= 4 is 68.1 Å². The van der Waals surface area contributed by atoms with Crippen molar-refractivity contribution in [2.24, 2.45) is 29.6 Å². The van der Waals surface area contributed by atoms with E-state index in [2.05, 4.69) is 26.2 Å². The molecule has 4 aliphatic rings. The highest BCUT2D eigenvalue weighted by Gasteiger charge is 2.69. The van der Waals surface area contributed by atoms with Gasteiger partial charge in [0.1, 0.15) is 0 Å². The average Bonchev–Trinajstić information content (AvgIpc) is 3.82. The highest BCUT2D eigenvalue weighted by atomic mass is 79.9. The Labute approximate surface area is 299 Å². The van der Waals surface area contributed by atoms with E-state index < -0.39 is 36.1 Å². The molecule has 0 radical (unpaired) electrons. The lowest BCUT2D eigenvalue weighted by molar-refractivity contribution is -0.137. The summed E-state index contributed by atoms with van der Waals surface area (Å²) in [5, 5.41) is 3.01. The van der Waals surface area contributed by atoms with Crippen LogP contribution in [0.1, 0.15) is 28.3 Å². The number of fused-ring (bicyclic) bond motifs is 9. The van der Waals surface area contributed by atoms with Gasteiger partial charge in [-0.05, 0) is 78.3 Å². The number of methoxy groups -OCH3 is 1. The Balaban J connectivity index is 1.07. The molecule has 9 nitrogen and oxygen atoms in total. The van der Waals surface area contributed by atoms with Crippen LogP contribution < -0.4 is 24.6 Å². The fourth-order valence-electron chi connectivity index (χ4n) is 8.40. The third-order valence-corrected chi connectivity index (χ3v) is 13.3. The van der Waals surface area contributed by atoms with Gasteiger partial charge in [0.25, 0.3) is 5.91 Å². The van der Waals surface area contributed by atoms with E-state index in [1.807, 2.05) is 6.07 Å². The molecule has 6 unspecified atom stereocenters. The first-order valence-electron chi connectivity index (χ1n) is 15.7.